The van der Waals surface area contributed by atoms with Gasteiger partial charge in [0.25, 0.3) is 5.91 Å². The van der Waals surface area contributed by atoms with Crippen molar-refractivity contribution in [1.29, 1.82) is 0 Å². The van der Waals surface area contributed by atoms with Crippen molar-refractivity contribution < 1.29 is 23.9 Å². The number of hydrogen-bond acceptors (Lipinski definition) is 3. The van der Waals surface area contributed by atoms with Crippen LogP contribution in [-0.2, 0) is 23.1 Å². The van der Waals surface area contributed by atoms with Crippen molar-refractivity contribution in [3.63, 3.8) is 0 Å². The van der Waals surface area contributed by atoms with Crippen LogP contribution in [0.25, 0.3) is 21.8 Å². The quantitative estimate of drug-likeness (QED) is 0.346. The second-order valence-electron chi connectivity index (χ2n) is 7.95. The molecule has 2 unspecified atom stereocenters. The standard InChI is InChI=1S/C24H23FN4O4/c1-13(27-23(31)21-11-14-9-16(25)7-8-20(14)29(21)2)22(30)28-19(24(32)33)10-15-12-26-18-6-4-3-5-17(15)18/h3-9,11-13,19,26H,10H2,1-2H3,(H,27,31)(H,28,30)(H,32,33). The third-order valence-electron chi connectivity index (χ3n) is 5.69. The molecular formula is C24H23FN4O4. The molecule has 9 heteroatoms. The molecule has 0 aliphatic carbocycles. The Hall–Kier alpha value is -4.14. The molecule has 0 aliphatic heterocycles. The number of carboxylic acid groups (broad SMARTS) is 1. The van der Waals surface area contributed by atoms with Crippen LogP contribution in [0.5, 0.6) is 0 Å². The molecule has 0 fully saturated rings. The molecule has 170 valence electrons. The first-order valence-electron chi connectivity index (χ1n) is 10.4. The number of rotatable bonds is 7. The predicted octanol–water partition coefficient (Wildman–Crippen LogP) is 2.73. The first kappa shape index (κ1) is 22.1. The molecule has 2 amide bonds. The topological polar surface area (TPSA) is 116 Å². The summed E-state index contributed by atoms with van der Waals surface area (Å²) in [6.07, 6.45) is 1.81. The molecule has 33 heavy (non-hydrogen) atoms. The van der Waals surface area contributed by atoms with Crippen LogP contribution in [0.3, 0.4) is 0 Å². The van der Waals surface area contributed by atoms with Crippen molar-refractivity contribution in [3.05, 3.63) is 71.8 Å². The Morgan fingerprint density at radius 1 is 1.12 bits per heavy atom. The second kappa shape index (κ2) is 8.78. The molecular weight excluding hydrogens is 427 g/mol. The highest BCUT2D eigenvalue weighted by Gasteiger charge is 2.26. The van der Waals surface area contributed by atoms with Crippen LogP contribution in [0.2, 0.25) is 0 Å². The zero-order valence-corrected chi connectivity index (χ0v) is 18.1. The van der Waals surface area contributed by atoms with E-state index in [2.05, 4.69) is 15.6 Å². The first-order chi connectivity index (χ1) is 15.7. The molecule has 0 aliphatic rings. The van der Waals surface area contributed by atoms with E-state index in [0.29, 0.717) is 10.9 Å². The summed E-state index contributed by atoms with van der Waals surface area (Å²) in [5.74, 6) is -2.74. The van der Waals surface area contributed by atoms with Crippen molar-refractivity contribution >= 4 is 39.6 Å². The molecule has 2 atom stereocenters. The summed E-state index contributed by atoms with van der Waals surface area (Å²) in [6.45, 7) is 1.47. The minimum atomic E-state index is -1.18. The lowest BCUT2D eigenvalue weighted by molar-refractivity contribution is -0.142. The Kier molecular flexibility index (Phi) is 5.87. The average Bonchev–Trinajstić information content (AvgIpc) is 3.33. The van der Waals surface area contributed by atoms with Gasteiger partial charge in [0.2, 0.25) is 5.91 Å². The van der Waals surface area contributed by atoms with Gasteiger partial charge in [0.15, 0.2) is 0 Å². The minimum absolute atomic E-state index is 0.0838. The summed E-state index contributed by atoms with van der Waals surface area (Å²) in [5, 5.41) is 16.2. The summed E-state index contributed by atoms with van der Waals surface area (Å²) >= 11 is 0. The van der Waals surface area contributed by atoms with Crippen molar-refractivity contribution in [2.24, 2.45) is 7.05 Å². The fraction of sp³-hybridized carbons (Fsp3) is 0.208. The number of carbonyl (C=O) groups excluding carboxylic acids is 2. The Labute approximate surface area is 188 Å². The van der Waals surface area contributed by atoms with E-state index in [1.54, 1.807) is 23.9 Å². The van der Waals surface area contributed by atoms with E-state index in [-0.39, 0.29) is 12.1 Å². The van der Waals surface area contributed by atoms with E-state index in [1.165, 1.54) is 25.1 Å². The number of aryl methyl sites for hydroxylation is 1. The molecule has 0 saturated carbocycles. The molecule has 0 saturated heterocycles. The fourth-order valence-electron chi connectivity index (χ4n) is 3.89. The number of fused-ring (bicyclic) bond motifs is 2. The smallest absolute Gasteiger partial charge is 0.326 e. The molecule has 4 N–H and O–H groups in total. The van der Waals surface area contributed by atoms with E-state index in [1.807, 2.05) is 24.3 Å². The average molecular weight is 450 g/mol. The molecule has 2 aromatic carbocycles. The van der Waals surface area contributed by atoms with Crippen LogP contribution in [0.1, 0.15) is 23.0 Å². The molecule has 4 aromatic rings. The maximum absolute atomic E-state index is 13.5. The van der Waals surface area contributed by atoms with Crippen LogP contribution >= 0.6 is 0 Å². The lowest BCUT2D eigenvalue weighted by Crippen LogP contribution is -2.51. The third kappa shape index (κ3) is 4.43. The number of para-hydroxylation sites is 1. The van der Waals surface area contributed by atoms with E-state index >= 15 is 0 Å². The number of halogens is 1. The molecule has 0 radical (unpaired) electrons. The largest absolute Gasteiger partial charge is 0.480 e. The zero-order valence-electron chi connectivity index (χ0n) is 18.1. The summed E-state index contributed by atoms with van der Waals surface area (Å²) in [5.41, 5.74) is 2.56. The Balaban J connectivity index is 1.45. The number of aromatic nitrogens is 2. The lowest BCUT2D eigenvalue weighted by Gasteiger charge is -2.19. The third-order valence-corrected chi connectivity index (χ3v) is 5.69. The maximum Gasteiger partial charge on any atom is 0.326 e. The van der Waals surface area contributed by atoms with Gasteiger partial charge in [0.05, 0.1) is 0 Å². The van der Waals surface area contributed by atoms with Gasteiger partial charge in [-0.2, -0.15) is 0 Å². The first-order valence-corrected chi connectivity index (χ1v) is 10.4. The minimum Gasteiger partial charge on any atom is -0.480 e. The molecule has 8 nitrogen and oxygen atoms in total. The number of carbonyl (C=O) groups is 3. The van der Waals surface area contributed by atoms with Crippen LogP contribution in [0.15, 0.2) is 54.7 Å². The number of aliphatic carboxylic acids is 1. The van der Waals surface area contributed by atoms with E-state index in [9.17, 15) is 23.9 Å². The van der Waals surface area contributed by atoms with Crippen LogP contribution in [-0.4, -0.2) is 44.5 Å². The van der Waals surface area contributed by atoms with Crippen LogP contribution < -0.4 is 10.6 Å². The highest BCUT2D eigenvalue weighted by molar-refractivity contribution is 6.01. The van der Waals surface area contributed by atoms with Gasteiger partial charge in [0.1, 0.15) is 23.6 Å². The Morgan fingerprint density at radius 3 is 2.64 bits per heavy atom. The van der Waals surface area contributed by atoms with Crippen LogP contribution in [0, 0.1) is 5.82 Å². The van der Waals surface area contributed by atoms with Crippen LogP contribution in [0.4, 0.5) is 4.39 Å². The SMILES string of the molecule is CC(NC(=O)c1cc2cc(F)ccc2n1C)C(=O)NC(Cc1c[nH]c2ccccc12)C(=O)O. The van der Waals surface area contributed by atoms with Gasteiger partial charge >= 0.3 is 5.97 Å². The molecule has 2 heterocycles. The predicted molar refractivity (Wildman–Crippen MR) is 121 cm³/mol. The number of nitrogens with zero attached hydrogens (tertiary/aromatic N) is 1. The van der Waals surface area contributed by atoms with Gasteiger partial charge in [-0.3, -0.25) is 9.59 Å². The number of H-pyrrole nitrogens is 1. The lowest BCUT2D eigenvalue weighted by atomic mass is 10.0. The summed E-state index contributed by atoms with van der Waals surface area (Å²) in [4.78, 5) is 40.3. The van der Waals surface area contributed by atoms with Gasteiger partial charge < -0.3 is 25.3 Å². The molecule has 0 bridgehead atoms. The monoisotopic (exact) mass is 450 g/mol. The van der Waals surface area contributed by atoms with Crippen molar-refractivity contribution in [1.82, 2.24) is 20.2 Å². The number of carboxylic acids is 1. The number of benzene rings is 2. The van der Waals surface area contributed by atoms with Gasteiger partial charge in [-0.15, -0.1) is 0 Å². The summed E-state index contributed by atoms with van der Waals surface area (Å²) in [6, 6.07) is 11.1. The van der Waals surface area contributed by atoms with E-state index in [0.717, 1.165) is 16.5 Å². The van der Waals surface area contributed by atoms with Gasteiger partial charge in [-0.05, 0) is 42.8 Å². The number of aromatic amines is 1. The molecule has 0 spiro atoms. The number of nitrogens with one attached hydrogen (secondary N) is 3. The van der Waals surface area contributed by atoms with Gasteiger partial charge in [0, 0.05) is 41.5 Å². The fourth-order valence-corrected chi connectivity index (χ4v) is 3.89. The van der Waals surface area contributed by atoms with E-state index in [4.69, 9.17) is 0 Å². The highest BCUT2D eigenvalue weighted by Crippen LogP contribution is 2.21. The van der Waals surface area contributed by atoms with E-state index < -0.39 is 35.7 Å². The summed E-state index contributed by atoms with van der Waals surface area (Å²) in [7, 11) is 1.67. The van der Waals surface area contributed by atoms with Crippen molar-refractivity contribution in [3.8, 4) is 0 Å². The number of amides is 2. The van der Waals surface area contributed by atoms with Crippen molar-refractivity contribution in [2.75, 3.05) is 0 Å². The van der Waals surface area contributed by atoms with Gasteiger partial charge in [-0.1, -0.05) is 18.2 Å². The summed E-state index contributed by atoms with van der Waals surface area (Å²) < 4.78 is 15.1. The Morgan fingerprint density at radius 2 is 1.88 bits per heavy atom. The molecule has 4 rings (SSSR count). The molecule has 2 aromatic heterocycles. The normalized spacial score (nSPS) is 13.1. The van der Waals surface area contributed by atoms with Gasteiger partial charge in [-0.25, -0.2) is 9.18 Å². The maximum atomic E-state index is 13.5. The van der Waals surface area contributed by atoms with Crippen molar-refractivity contribution in [2.45, 2.75) is 25.4 Å². The Bertz CT molecular complexity index is 1370. The zero-order chi connectivity index (χ0) is 23.7. The highest BCUT2D eigenvalue weighted by atomic mass is 19.1. The second-order valence-corrected chi connectivity index (χ2v) is 7.95. The number of hydrogen-bond donors (Lipinski definition) is 4.